The molecule has 4 rings (SSSR count). The lowest BCUT2D eigenvalue weighted by Gasteiger charge is -2.31. The van der Waals surface area contributed by atoms with Gasteiger partial charge >= 0.3 is 0 Å². The van der Waals surface area contributed by atoms with Crippen molar-refractivity contribution < 1.29 is 19.4 Å². The van der Waals surface area contributed by atoms with E-state index in [0.29, 0.717) is 32.4 Å². The number of amides is 1. The van der Waals surface area contributed by atoms with Gasteiger partial charge in [0.2, 0.25) is 12.7 Å². The maximum absolute atomic E-state index is 12.9. The van der Waals surface area contributed by atoms with Crippen molar-refractivity contribution in [2.24, 2.45) is 0 Å². The van der Waals surface area contributed by atoms with Crippen LogP contribution in [0.2, 0.25) is 0 Å². The topological polar surface area (TPSA) is 59.0 Å². The summed E-state index contributed by atoms with van der Waals surface area (Å²) in [5.41, 5.74) is 2.16. The van der Waals surface area contributed by atoms with Crippen LogP contribution in [-0.4, -0.2) is 41.9 Å². The van der Waals surface area contributed by atoms with Gasteiger partial charge in [-0.1, -0.05) is 36.4 Å². The van der Waals surface area contributed by atoms with Crippen LogP contribution in [0, 0.1) is 0 Å². The van der Waals surface area contributed by atoms with Crippen molar-refractivity contribution in [2.45, 2.75) is 31.3 Å². The maximum Gasteiger partial charge on any atom is 0.231 e. The second-order valence-electron chi connectivity index (χ2n) is 6.89. The van der Waals surface area contributed by atoms with Crippen LogP contribution in [-0.2, 0) is 4.79 Å². The normalized spacial score (nSPS) is 18.0. The molecule has 1 fully saturated rings. The molecule has 1 saturated heterocycles. The number of likely N-dealkylation sites (tertiary alicyclic amines) is 1. The summed E-state index contributed by atoms with van der Waals surface area (Å²) in [5, 5.41) is 9.67. The van der Waals surface area contributed by atoms with E-state index >= 15 is 0 Å². The number of aliphatic hydroxyl groups is 1. The largest absolute Gasteiger partial charge is 0.454 e. The van der Waals surface area contributed by atoms with Crippen LogP contribution >= 0.6 is 0 Å². The van der Waals surface area contributed by atoms with Gasteiger partial charge in [0.15, 0.2) is 11.5 Å². The van der Waals surface area contributed by atoms with E-state index in [1.165, 1.54) is 0 Å². The lowest BCUT2D eigenvalue weighted by Crippen LogP contribution is -2.40. The van der Waals surface area contributed by atoms with Gasteiger partial charge in [-0.3, -0.25) is 4.79 Å². The highest BCUT2D eigenvalue weighted by atomic mass is 16.7. The summed E-state index contributed by atoms with van der Waals surface area (Å²) in [5.74, 6) is 1.57. The molecule has 5 heteroatoms. The Hall–Kier alpha value is -2.53. The number of benzene rings is 2. The molecule has 1 N–H and O–H groups in total. The molecule has 2 heterocycles. The monoisotopic (exact) mass is 353 g/mol. The molecule has 0 unspecified atom stereocenters. The van der Waals surface area contributed by atoms with E-state index in [2.05, 4.69) is 12.1 Å². The van der Waals surface area contributed by atoms with Crippen LogP contribution in [0.15, 0.2) is 48.5 Å². The molecule has 2 aromatic carbocycles. The van der Waals surface area contributed by atoms with Crippen LogP contribution in [0.1, 0.15) is 36.3 Å². The molecule has 0 bridgehead atoms. The molecular formula is C21H23NO4. The number of carbonyl (C=O) groups excluding carboxylic acids is 1. The predicted molar refractivity (Wildman–Crippen MR) is 97.3 cm³/mol. The Morgan fingerprint density at radius 2 is 1.77 bits per heavy atom. The zero-order valence-electron chi connectivity index (χ0n) is 14.6. The first kappa shape index (κ1) is 16.9. The minimum Gasteiger partial charge on any atom is -0.454 e. The average Bonchev–Trinajstić information content (AvgIpc) is 3.15. The number of fused-ring (bicyclic) bond motifs is 1. The molecular weight excluding hydrogens is 330 g/mol. The van der Waals surface area contributed by atoms with Crippen LogP contribution in [0.25, 0.3) is 0 Å². The van der Waals surface area contributed by atoms with E-state index in [-0.39, 0.29) is 24.7 Å². The van der Waals surface area contributed by atoms with Crippen molar-refractivity contribution >= 4 is 5.91 Å². The van der Waals surface area contributed by atoms with E-state index in [1.54, 1.807) is 0 Å². The minimum absolute atomic E-state index is 0.0370. The van der Waals surface area contributed by atoms with Crippen LogP contribution in [0.4, 0.5) is 0 Å². The predicted octanol–water partition coefficient (Wildman–Crippen LogP) is 2.92. The fourth-order valence-corrected chi connectivity index (χ4v) is 3.66. The number of hydrogen-bond acceptors (Lipinski definition) is 4. The molecule has 2 aliphatic rings. The molecule has 0 spiro atoms. The van der Waals surface area contributed by atoms with Crippen LogP contribution in [0.5, 0.6) is 11.5 Å². The van der Waals surface area contributed by atoms with E-state index in [9.17, 15) is 9.90 Å². The second-order valence-corrected chi connectivity index (χ2v) is 6.89. The Morgan fingerprint density at radius 3 is 2.54 bits per heavy atom. The van der Waals surface area contributed by atoms with Gasteiger partial charge < -0.3 is 19.5 Å². The van der Waals surface area contributed by atoms with Gasteiger partial charge in [-0.15, -0.1) is 0 Å². The summed E-state index contributed by atoms with van der Waals surface area (Å²) in [7, 11) is 0. The highest BCUT2D eigenvalue weighted by Gasteiger charge is 2.26. The Kier molecular flexibility index (Phi) is 4.80. The molecule has 0 radical (unpaired) electrons. The first-order valence-electron chi connectivity index (χ1n) is 9.11. The highest BCUT2D eigenvalue weighted by molar-refractivity contribution is 5.78. The van der Waals surface area contributed by atoms with Gasteiger partial charge in [0.25, 0.3) is 0 Å². The number of carbonyl (C=O) groups is 1. The van der Waals surface area contributed by atoms with E-state index < -0.39 is 0 Å². The van der Waals surface area contributed by atoms with E-state index in [1.807, 2.05) is 41.3 Å². The Labute approximate surface area is 153 Å². The number of hydrogen-bond donors (Lipinski definition) is 1. The maximum atomic E-state index is 12.9. The fraction of sp³-hybridized carbons (Fsp3) is 0.381. The third-order valence-electron chi connectivity index (χ3n) is 5.20. The van der Waals surface area contributed by atoms with Gasteiger partial charge in [0.1, 0.15) is 0 Å². The van der Waals surface area contributed by atoms with Crippen LogP contribution < -0.4 is 9.47 Å². The SMILES string of the molecule is O=C(C[C@@H](c1ccccc1)c1ccc2c(c1)OCO2)N1CCC(O)CC1. The quantitative estimate of drug-likeness (QED) is 0.918. The molecule has 5 nitrogen and oxygen atoms in total. The number of ether oxygens (including phenoxy) is 2. The standard InChI is InChI=1S/C21H23NO4/c23-17-8-10-22(11-9-17)21(24)13-18(15-4-2-1-3-5-15)16-6-7-19-20(12-16)26-14-25-19/h1-7,12,17-18,23H,8-11,13-14H2/t18-/m0/s1. The lowest BCUT2D eigenvalue weighted by molar-refractivity contribution is -0.133. The van der Waals surface area contributed by atoms with E-state index in [0.717, 1.165) is 22.6 Å². The first-order chi connectivity index (χ1) is 12.7. The Morgan fingerprint density at radius 1 is 1.04 bits per heavy atom. The number of rotatable bonds is 4. The summed E-state index contributed by atoms with van der Waals surface area (Å²) in [6.45, 7) is 1.50. The third-order valence-corrected chi connectivity index (χ3v) is 5.20. The summed E-state index contributed by atoms with van der Waals surface area (Å²) in [6.07, 6.45) is 1.44. The van der Waals surface area contributed by atoms with E-state index in [4.69, 9.17) is 9.47 Å². The summed E-state index contributed by atoms with van der Waals surface area (Å²) < 4.78 is 10.9. The van der Waals surface area contributed by atoms with Crippen molar-refractivity contribution in [1.29, 1.82) is 0 Å². The zero-order chi connectivity index (χ0) is 17.9. The number of piperidine rings is 1. The smallest absolute Gasteiger partial charge is 0.231 e. The van der Waals surface area contributed by atoms with Crippen molar-refractivity contribution in [2.75, 3.05) is 19.9 Å². The molecule has 0 aromatic heterocycles. The lowest BCUT2D eigenvalue weighted by atomic mass is 9.87. The molecule has 1 atom stereocenters. The summed E-state index contributed by atoms with van der Waals surface area (Å²) >= 11 is 0. The van der Waals surface area contributed by atoms with Crippen molar-refractivity contribution in [3.63, 3.8) is 0 Å². The molecule has 2 aromatic rings. The Bertz CT molecular complexity index is 769. The summed E-state index contributed by atoms with van der Waals surface area (Å²) in [4.78, 5) is 14.8. The molecule has 0 saturated carbocycles. The van der Waals surface area contributed by atoms with Gasteiger partial charge in [0.05, 0.1) is 6.10 Å². The van der Waals surface area contributed by atoms with Gasteiger partial charge in [-0.05, 0) is 36.1 Å². The highest BCUT2D eigenvalue weighted by Crippen LogP contribution is 2.37. The minimum atomic E-state index is -0.280. The van der Waals surface area contributed by atoms with Crippen molar-refractivity contribution in [3.8, 4) is 11.5 Å². The number of aliphatic hydroxyl groups excluding tert-OH is 1. The van der Waals surface area contributed by atoms with Crippen molar-refractivity contribution in [1.82, 2.24) is 4.90 Å². The zero-order valence-corrected chi connectivity index (χ0v) is 14.6. The average molecular weight is 353 g/mol. The third kappa shape index (κ3) is 3.53. The second kappa shape index (κ2) is 7.38. The first-order valence-corrected chi connectivity index (χ1v) is 9.11. The molecule has 1 amide bonds. The number of nitrogens with zero attached hydrogens (tertiary/aromatic N) is 1. The molecule has 26 heavy (non-hydrogen) atoms. The molecule has 136 valence electrons. The van der Waals surface area contributed by atoms with Crippen LogP contribution in [0.3, 0.4) is 0 Å². The van der Waals surface area contributed by atoms with Gasteiger partial charge in [0, 0.05) is 25.4 Å². The fourth-order valence-electron chi connectivity index (χ4n) is 3.66. The van der Waals surface area contributed by atoms with Gasteiger partial charge in [-0.25, -0.2) is 0 Å². The van der Waals surface area contributed by atoms with Crippen molar-refractivity contribution in [3.05, 3.63) is 59.7 Å². The summed E-state index contributed by atoms with van der Waals surface area (Å²) in [6, 6.07) is 16.0. The molecule has 2 aliphatic heterocycles. The molecule has 0 aliphatic carbocycles. The Balaban J connectivity index is 1.58. The van der Waals surface area contributed by atoms with Gasteiger partial charge in [-0.2, -0.15) is 0 Å².